The lowest BCUT2D eigenvalue weighted by atomic mass is 10.3. The summed E-state index contributed by atoms with van der Waals surface area (Å²) in [5.41, 5.74) is 1.30. The molecule has 3 heterocycles. The van der Waals surface area contributed by atoms with Crippen LogP contribution in [-0.4, -0.2) is 57.6 Å². The highest BCUT2D eigenvalue weighted by Crippen LogP contribution is 2.25. The van der Waals surface area contributed by atoms with Gasteiger partial charge in [-0.15, -0.1) is 0 Å². The fourth-order valence-electron chi connectivity index (χ4n) is 3.06. The van der Waals surface area contributed by atoms with E-state index in [0.29, 0.717) is 28.6 Å². The summed E-state index contributed by atoms with van der Waals surface area (Å²) in [6, 6.07) is 3.60. The number of rotatable bonds is 4. The molecule has 1 N–H and O–H groups in total. The van der Waals surface area contributed by atoms with Gasteiger partial charge >= 0.3 is 0 Å². The number of hydrogen-bond donors (Lipinski definition) is 1. The smallest absolute Gasteiger partial charge is 0.229 e. The van der Waals surface area contributed by atoms with Gasteiger partial charge in [-0.25, -0.2) is 18.7 Å². The molecule has 0 unspecified atom stereocenters. The Morgan fingerprint density at radius 1 is 1.00 bits per heavy atom. The van der Waals surface area contributed by atoms with Gasteiger partial charge in [0.05, 0.1) is 0 Å². The van der Waals surface area contributed by atoms with E-state index < -0.39 is 11.6 Å². The molecule has 1 fully saturated rings. The Balaban J connectivity index is 1.69. The van der Waals surface area contributed by atoms with Crippen molar-refractivity contribution in [3.8, 4) is 0 Å². The third-order valence-corrected chi connectivity index (χ3v) is 4.61. The molecule has 0 aliphatic carbocycles. The summed E-state index contributed by atoms with van der Waals surface area (Å²) in [5, 5.41) is 3.02. The lowest BCUT2D eigenvalue weighted by Crippen LogP contribution is -2.46. The van der Waals surface area contributed by atoms with Crippen LogP contribution in [-0.2, 0) is 0 Å². The van der Waals surface area contributed by atoms with Crippen LogP contribution in [0.3, 0.4) is 0 Å². The molecule has 0 amide bonds. The number of halogens is 2. The molecule has 27 heavy (non-hydrogen) atoms. The van der Waals surface area contributed by atoms with Gasteiger partial charge in [0.2, 0.25) is 5.95 Å². The number of nitrogens with zero attached hydrogens (tertiary/aromatic N) is 6. The standard InChI is InChI=1S/C18H19F2N7/c1-2-26-7-9-27(10-8-26)18-24-16-15(21-5-6-22-16)17(25-18)23-12-3-4-13(19)14(20)11-12/h3-6,11H,2,7-10H2,1H3,(H,22,23,24,25). The largest absolute Gasteiger partial charge is 0.338 e. The highest BCUT2D eigenvalue weighted by Gasteiger charge is 2.20. The van der Waals surface area contributed by atoms with Gasteiger partial charge in [0, 0.05) is 50.3 Å². The van der Waals surface area contributed by atoms with E-state index in [-0.39, 0.29) is 0 Å². The summed E-state index contributed by atoms with van der Waals surface area (Å²) in [6.45, 7) is 6.64. The molecule has 1 aliphatic heterocycles. The molecule has 2 aromatic heterocycles. The van der Waals surface area contributed by atoms with Gasteiger partial charge in [0.1, 0.15) is 0 Å². The number of aromatic nitrogens is 4. The van der Waals surface area contributed by atoms with Crippen LogP contribution < -0.4 is 10.2 Å². The molecule has 1 aromatic carbocycles. The first kappa shape index (κ1) is 17.5. The van der Waals surface area contributed by atoms with Gasteiger partial charge < -0.3 is 15.1 Å². The molecular weight excluding hydrogens is 352 g/mol. The second kappa shape index (κ2) is 7.36. The second-order valence-electron chi connectivity index (χ2n) is 6.28. The van der Waals surface area contributed by atoms with E-state index in [1.54, 1.807) is 12.4 Å². The fraction of sp³-hybridized carbons (Fsp3) is 0.333. The summed E-state index contributed by atoms with van der Waals surface area (Å²) in [4.78, 5) is 22.1. The predicted molar refractivity (Wildman–Crippen MR) is 99.1 cm³/mol. The number of fused-ring (bicyclic) bond motifs is 1. The highest BCUT2D eigenvalue weighted by molar-refractivity contribution is 5.85. The van der Waals surface area contributed by atoms with Gasteiger partial charge in [-0.1, -0.05) is 6.92 Å². The van der Waals surface area contributed by atoms with Crippen molar-refractivity contribution in [1.29, 1.82) is 0 Å². The number of benzene rings is 1. The van der Waals surface area contributed by atoms with Crippen LogP contribution in [0.1, 0.15) is 6.92 Å². The van der Waals surface area contributed by atoms with Crippen LogP contribution in [0.25, 0.3) is 11.2 Å². The molecule has 140 valence electrons. The Labute approximate surface area is 155 Å². The molecule has 1 aliphatic rings. The lowest BCUT2D eigenvalue weighted by Gasteiger charge is -2.34. The van der Waals surface area contributed by atoms with Gasteiger partial charge in [-0.3, -0.25) is 0 Å². The van der Waals surface area contributed by atoms with E-state index in [1.807, 2.05) is 0 Å². The van der Waals surface area contributed by atoms with Gasteiger partial charge in [-0.2, -0.15) is 9.97 Å². The van der Waals surface area contributed by atoms with Crippen LogP contribution in [0, 0.1) is 11.6 Å². The van der Waals surface area contributed by atoms with Crippen LogP contribution in [0.2, 0.25) is 0 Å². The van der Waals surface area contributed by atoms with Crippen molar-refractivity contribution in [1.82, 2.24) is 24.8 Å². The molecule has 3 aromatic rings. The van der Waals surface area contributed by atoms with Crippen molar-refractivity contribution < 1.29 is 8.78 Å². The Morgan fingerprint density at radius 3 is 2.52 bits per heavy atom. The normalized spacial score (nSPS) is 15.3. The van der Waals surface area contributed by atoms with Crippen molar-refractivity contribution in [2.24, 2.45) is 0 Å². The summed E-state index contributed by atoms with van der Waals surface area (Å²) in [7, 11) is 0. The number of hydrogen-bond acceptors (Lipinski definition) is 7. The van der Waals surface area contributed by atoms with Crippen LogP contribution in [0.5, 0.6) is 0 Å². The van der Waals surface area contributed by atoms with Gasteiger partial charge in [0.15, 0.2) is 28.6 Å². The molecule has 0 radical (unpaired) electrons. The fourth-order valence-corrected chi connectivity index (χ4v) is 3.06. The number of piperazine rings is 1. The minimum Gasteiger partial charge on any atom is -0.338 e. The first-order valence-corrected chi connectivity index (χ1v) is 8.82. The monoisotopic (exact) mass is 371 g/mol. The average molecular weight is 371 g/mol. The Bertz CT molecular complexity index is 958. The zero-order chi connectivity index (χ0) is 18.8. The molecule has 0 saturated carbocycles. The maximum Gasteiger partial charge on any atom is 0.229 e. The van der Waals surface area contributed by atoms with E-state index >= 15 is 0 Å². The molecule has 0 bridgehead atoms. The minimum atomic E-state index is -0.930. The molecule has 1 saturated heterocycles. The van der Waals surface area contributed by atoms with Crippen LogP contribution in [0.15, 0.2) is 30.6 Å². The van der Waals surface area contributed by atoms with E-state index in [9.17, 15) is 8.78 Å². The highest BCUT2D eigenvalue weighted by atomic mass is 19.2. The van der Waals surface area contributed by atoms with Gasteiger partial charge in [-0.05, 0) is 18.7 Å². The van der Waals surface area contributed by atoms with Crippen molar-refractivity contribution in [2.75, 3.05) is 42.9 Å². The summed E-state index contributed by atoms with van der Waals surface area (Å²) >= 11 is 0. The summed E-state index contributed by atoms with van der Waals surface area (Å²) in [5.74, 6) is -0.876. The second-order valence-corrected chi connectivity index (χ2v) is 6.28. The van der Waals surface area contributed by atoms with Crippen LogP contribution >= 0.6 is 0 Å². The zero-order valence-electron chi connectivity index (χ0n) is 14.9. The Kier molecular flexibility index (Phi) is 4.76. The molecule has 7 nitrogen and oxygen atoms in total. The predicted octanol–water partition coefficient (Wildman–Crippen LogP) is 2.58. The Hall–Kier alpha value is -2.94. The molecule has 0 spiro atoms. The van der Waals surface area contributed by atoms with Crippen molar-refractivity contribution in [3.05, 3.63) is 42.2 Å². The molecule has 4 rings (SSSR count). The number of anilines is 3. The van der Waals surface area contributed by atoms with E-state index in [4.69, 9.17) is 0 Å². The topological polar surface area (TPSA) is 70.1 Å². The van der Waals surface area contributed by atoms with Crippen molar-refractivity contribution >= 4 is 28.6 Å². The lowest BCUT2D eigenvalue weighted by molar-refractivity contribution is 0.270. The number of nitrogens with one attached hydrogen (secondary N) is 1. The molecular formula is C18H19F2N7. The number of likely N-dealkylation sites (N-methyl/N-ethyl adjacent to an activating group) is 1. The van der Waals surface area contributed by atoms with Crippen molar-refractivity contribution in [2.45, 2.75) is 6.92 Å². The molecule has 0 atom stereocenters. The third-order valence-electron chi connectivity index (χ3n) is 4.61. The van der Waals surface area contributed by atoms with E-state index in [0.717, 1.165) is 44.9 Å². The SMILES string of the molecule is CCN1CCN(c2nc(Nc3ccc(F)c(F)c3)c3nccnc3n2)CC1. The van der Waals surface area contributed by atoms with Gasteiger partial charge in [0.25, 0.3) is 0 Å². The quantitative estimate of drug-likeness (QED) is 0.756. The Morgan fingerprint density at radius 2 is 1.78 bits per heavy atom. The summed E-state index contributed by atoms with van der Waals surface area (Å²) in [6.07, 6.45) is 3.11. The third kappa shape index (κ3) is 3.63. The minimum absolute atomic E-state index is 0.376. The van der Waals surface area contributed by atoms with E-state index in [1.165, 1.54) is 6.07 Å². The maximum atomic E-state index is 13.5. The average Bonchev–Trinajstić information content (AvgIpc) is 2.71. The van der Waals surface area contributed by atoms with E-state index in [2.05, 4.69) is 42.0 Å². The first-order valence-electron chi connectivity index (χ1n) is 8.82. The zero-order valence-corrected chi connectivity index (χ0v) is 14.9. The maximum absolute atomic E-state index is 13.5. The summed E-state index contributed by atoms with van der Waals surface area (Å²) < 4.78 is 26.7. The van der Waals surface area contributed by atoms with Crippen molar-refractivity contribution in [3.63, 3.8) is 0 Å². The first-order chi connectivity index (χ1) is 13.1. The van der Waals surface area contributed by atoms with Crippen LogP contribution in [0.4, 0.5) is 26.2 Å². The molecule has 9 heteroatoms.